The van der Waals surface area contributed by atoms with Gasteiger partial charge in [0.05, 0.1) is 6.04 Å². The lowest BCUT2D eigenvalue weighted by Crippen LogP contribution is -2.53. The Kier molecular flexibility index (Phi) is 6.37. The Morgan fingerprint density at radius 2 is 1.83 bits per heavy atom. The summed E-state index contributed by atoms with van der Waals surface area (Å²) in [6.45, 7) is 13.2. The molecule has 4 nitrogen and oxygen atoms in total. The van der Waals surface area contributed by atoms with Crippen LogP contribution in [0.3, 0.4) is 0 Å². The zero-order chi connectivity index (χ0) is 16.8. The summed E-state index contributed by atoms with van der Waals surface area (Å²) in [4.78, 5) is 19.5. The van der Waals surface area contributed by atoms with E-state index in [1.807, 2.05) is 36.9 Å². The van der Waals surface area contributed by atoms with Crippen molar-refractivity contribution >= 4 is 5.91 Å². The summed E-state index contributed by atoms with van der Waals surface area (Å²) in [5.41, 5.74) is 2.17. The van der Waals surface area contributed by atoms with Crippen molar-refractivity contribution in [3.63, 3.8) is 0 Å². The van der Waals surface area contributed by atoms with Gasteiger partial charge >= 0.3 is 0 Å². The molecule has 0 aliphatic carbocycles. The first-order chi connectivity index (χ1) is 11.0. The van der Waals surface area contributed by atoms with Crippen molar-refractivity contribution in [1.82, 2.24) is 14.7 Å². The van der Waals surface area contributed by atoms with Gasteiger partial charge in [0.25, 0.3) is 0 Å². The average molecular weight is 315 g/mol. The summed E-state index contributed by atoms with van der Waals surface area (Å²) in [5, 5.41) is 0. The zero-order valence-electron chi connectivity index (χ0n) is 14.7. The van der Waals surface area contributed by atoms with Gasteiger partial charge in [-0.1, -0.05) is 42.5 Å². The van der Waals surface area contributed by atoms with Gasteiger partial charge in [-0.3, -0.25) is 9.69 Å². The van der Waals surface area contributed by atoms with Gasteiger partial charge in [0, 0.05) is 39.3 Å². The maximum absolute atomic E-state index is 13.0. The van der Waals surface area contributed by atoms with Gasteiger partial charge in [-0.2, -0.15) is 0 Å². The molecule has 1 fully saturated rings. The molecular weight excluding hydrogens is 286 g/mol. The van der Waals surface area contributed by atoms with Crippen LogP contribution < -0.4 is 0 Å². The summed E-state index contributed by atoms with van der Waals surface area (Å²) < 4.78 is 0. The Bertz CT molecular complexity index is 521. The molecular formula is C19H29N3O. The molecule has 1 unspecified atom stereocenters. The second kappa shape index (κ2) is 8.27. The monoisotopic (exact) mass is 315 g/mol. The van der Waals surface area contributed by atoms with Gasteiger partial charge in [0.15, 0.2) is 0 Å². The molecule has 1 aromatic rings. The quantitative estimate of drug-likeness (QED) is 0.753. The highest BCUT2D eigenvalue weighted by Gasteiger charge is 2.28. The van der Waals surface area contributed by atoms with E-state index in [4.69, 9.17) is 0 Å². The number of piperazine rings is 1. The molecule has 4 heteroatoms. The van der Waals surface area contributed by atoms with Crippen molar-refractivity contribution in [2.45, 2.75) is 26.4 Å². The highest BCUT2D eigenvalue weighted by Crippen LogP contribution is 2.13. The van der Waals surface area contributed by atoms with Crippen LogP contribution in [-0.2, 0) is 11.3 Å². The van der Waals surface area contributed by atoms with Crippen LogP contribution in [0.4, 0.5) is 0 Å². The molecule has 1 heterocycles. The summed E-state index contributed by atoms with van der Waals surface area (Å²) in [6.07, 6.45) is 0. The minimum absolute atomic E-state index is 0.0771. The van der Waals surface area contributed by atoms with Gasteiger partial charge in [-0.15, -0.1) is 0 Å². The SMILES string of the molecule is C=C(C)CN(Cc1ccccc1)C(=O)C(C)N1CCN(C)CC1. The Morgan fingerprint density at radius 1 is 1.22 bits per heavy atom. The van der Waals surface area contributed by atoms with Crippen LogP contribution in [0.5, 0.6) is 0 Å². The number of hydrogen-bond acceptors (Lipinski definition) is 3. The molecule has 0 N–H and O–H groups in total. The number of carbonyl (C=O) groups is 1. The van der Waals surface area contributed by atoms with Crippen LogP contribution in [0.15, 0.2) is 42.5 Å². The highest BCUT2D eigenvalue weighted by molar-refractivity contribution is 5.81. The van der Waals surface area contributed by atoms with Gasteiger partial charge in [-0.25, -0.2) is 0 Å². The summed E-state index contributed by atoms with van der Waals surface area (Å²) >= 11 is 0. The van der Waals surface area contributed by atoms with E-state index in [2.05, 4.69) is 35.6 Å². The van der Waals surface area contributed by atoms with Crippen molar-refractivity contribution in [3.05, 3.63) is 48.0 Å². The molecule has 0 aromatic heterocycles. The van der Waals surface area contributed by atoms with Crippen LogP contribution in [0.2, 0.25) is 0 Å². The first-order valence-corrected chi connectivity index (χ1v) is 8.37. The van der Waals surface area contributed by atoms with E-state index < -0.39 is 0 Å². The van der Waals surface area contributed by atoms with Gasteiger partial charge in [0.1, 0.15) is 0 Å². The standard InChI is InChI=1S/C19H29N3O/c1-16(2)14-22(15-18-8-6-5-7-9-18)19(23)17(3)21-12-10-20(4)11-13-21/h5-9,17H,1,10-15H2,2-4H3. The lowest BCUT2D eigenvalue weighted by molar-refractivity contribution is -0.137. The smallest absolute Gasteiger partial charge is 0.240 e. The topological polar surface area (TPSA) is 26.8 Å². The molecule has 0 bridgehead atoms. The fourth-order valence-electron chi connectivity index (χ4n) is 2.97. The largest absolute Gasteiger partial charge is 0.333 e. The van der Waals surface area contributed by atoms with E-state index in [-0.39, 0.29) is 11.9 Å². The molecule has 0 spiro atoms. The number of nitrogens with zero attached hydrogens (tertiary/aromatic N) is 3. The maximum atomic E-state index is 13.0. The summed E-state index contributed by atoms with van der Waals surface area (Å²) in [6, 6.07) is 10.1. The zero-order valence-corrected chi connectivity index (χ0v) is 14.7. The molecule has 1 aliphatic heterocycles. The van der Waals surface area contributed by atoms with Crippen LogP contribution in [0.1, 0.15) is 19.4 Å². The van der Waals surface area contributed by atoms with E-state index in [9.17, 15) is 4.79 Å². The van der Waals surface area contributed by atoms with E-state index in [0.717, 1.165) is 37.3 Å². The molecule has 1 saturated heterocycles. The molecule has 126 valence electrons. The number of amides is 1. The summed E-state index contributed by atoms with van der Waals surface area (Å²) in [5.74, 6) is 0.196. The van der Waals surface area contributed by atoms with Crippen LogP contribution >= 0.6 is 0 Å². The molecule has 1 atom stereocenters. The fourth-order valence-corrected chi connectivity index (χ4v) is 2.97. The van der Waals surface area contributed by atoms with Gasteiger partial charge in [0.2, 0.25) is 5.91 Å². The van der Waals surface area contributed by atoms with Gasteiger partial charge in [-0.05, 0) is 26.5 Å². The fraction of sp³-hybridized carbons (Fsp3) is 0.526. The predicted octanol–water partition coefficient (Wildman–Crippen LogP) is 2.23. The second-order valence-corrected chi connectivity index (χ2v) is 6.65. The predicted molar refractivity (Wildman–Crippen MR) is 95.2 cm³/mol. The Hall–Kier alpha value is -1.65. The maximum Gasteiger partial charge on any atom is 0.240 e. The lowest BCUT2D eigenvalue weighted by atomic mass is 10.1. The first kappa shape index (κ1) is 17.7. The number of carbonyl (C=O) groups excluding carboxylic acids is 1. The minimum atomic E-state index is -0.0771. The van der Waals surface area contributed by atoms with Crippen molar-refractivity contribution in [1.29, 1.82) is 0 Å². The Balaban J connectivity index is 2.04. The van der Waals surface area contributed by atoms with E-state index >= 15 is 0 Å². The molecule has 0 radical (unpaired) electrons. The third-order valence-corrected chi connectivity index (χ3v) is 4.43. The molecule has 1 amide bonds. The van der Waals surface area contributed by atoms with Crippen molar-refractivity contribution in [3.8, 4) is 0 Å². The Morgan fingerprint density at radius 3 is 2.39 bits per heavy atom. The molecule has 23 heavy (non-hydrogen) atoms. The van der Waals surface area contributed by atoms with E-state index in [1.54, 1.807) is 0 Å². The van der Waals surface area contributed by atoms with E-state index in [1.165, 1.54) is 0 Å². The number of rotatable bonds is 6. The van der Waals surface area contributed by atoms with E-state index in [0.29, 0.717) is 13.1 Å². The third kappa shape index (κ3) is 5.19. The van der Waals surface area contributed by atoms with Crippen molar-refractivity contribution in [2.75, 3.05) is 39.8 Å². The van der Waals surface area contributed by atoms with Crippen LogP contribution in [-0.4, -0.2) is 66.4 Å². The highest BCUT2D eigenvalue weighted by atomic mass is 16.2. The normalized spacial score (nSPS) is 17.7. The number of hydrogen-bond donors (Lipinski definition) is 0. The van der Waals surface area contributed by atoms with Crippen molar-refractivity contribution < 1.29 is 4.79 Å². The van der Waals surface area contributed by atoms with Gasteiger partial charge < -0.3 is 9.80 Å². The van der Waals surface area contributed by atoms with Crippen molar-refractivity contribution in [2.24, 2.45) is 0 Å². The molecule has 2 rings (SSSR count). The average Bonchev–Trinajstić information content (AvgIpc) is 2.54. The lowest BCUT2D eigenvalue weighted by Gasteiger charge is -2.37. The minimum Gasteiger partial charge on any atom is -0.333 e. The number of benzene rings is 1. The number of likely N-dealkylation sites (N-methyl/N-ethyl adjacent to an activating group) is 1. The van der Waals surface area contributed by atoms with Crippen LogP contribution in [0, 0.1) is 0 Å². The second-order valence-electron chi connectivity index (χ2n) is 6.65. The third-order valence-electron chi connectivity index (χ3n) is 4.43. The summed E-state index contributed by atoms with van der Waals surface area (Å²) in [7, 11) is 2.13. The molecule has 1 aromatic carbocycles. The molecule has 1 aliphatic rings. The Labute approximate surface area is 140 Å². The first-order valence-electron chi connectivity index (χ1n) is 8.37. The van der Waals surface area contributed by atoms with Crippen LogP contribution in [0.25, 0.3) is 0 Å². The molecule has 0 saturated carbocycles.